The van der Waals surface area contributed by atoms with E-state index in [1.165, 1.54) is 7.11 Å². The molecule has 9 heteroatoms. The molecule has 0 spiro atoms. The van der Waals surface area contributed by atoms with Crippen molar-refractivity contribution in [3.63, 3.8) is 0 Å². The van der Waals surface area contributed by atoms with Gasteiger partial charge in [-0.2, -0.15) is 0 Å². The summed E-state index contributed by atoms with van der Waals surface area (Å²) in [6, 6.07) is 2.77. The van der Waals surface area contributed by atoms with Crippen LogP contribution in [0.3, 0.4) is 0 Å². The van der Waals surface area contributed by atoms with Crippen LogP contribution in [0.2, 0.25) is 0 Å². The minimum Gasteiger partial charge on any atom is -0.493 e. The zero-order valence-corrected chi connectivity index (χ0v) is 22.1. The first-order valence-electron chi connectivity index (χ1n) is 14.1. The number of amides is 2. The number of rotatable bonds is 8. The van der Waals surface area contributed by atoms with Gasteiger partial charge in [0.25, 0.3) is 0 Å². The van der Waals surface area contributed by atoms with Gasteiger partial charge in [0.1, 0.15) is 12.2 Å². The molecular weight excluding hydrogens is 488 g/mol. The summed E-state index contributed by atoms with van der Waals surface area (Å²) < 4.78 is 11.9. The highest BCUT2D eigenvalue weighted by atomic mass is 16.5. The van der Waals surface area contributed by atoms with Gasteiger partial charge in [-0.25, -0.2) is 0 Å². The van der Waals surface area contributed by atoms with E-state index in [0.717, 1.165) is 57.8 Å². The van der Waals surface area contributed by atoms with Gasteiger partial charge in [0.2, 0.25) is 11.8 Å². The second-order valence-corrected chi connectivity index (χ2v) is 11.0. The summed E-state index contributed by atoms with van der Waals surface area (Å²) in [5.41, 5.74) is 1.67. The largest absolute Gasteiger partial charge is 0.493 e. The van der Waals surface area contributed by atoms with Crippen LogP contribution in [0, 0.1) is 5.92 Å². The quantitative estimate of drug-likeness (QED) is 0.407. The van der Waals surface area contributed by atoms with Gasteiger partial charge in [0.15, 0.2) is 11.5 Å². The van der Waals surface area contributed by atoms with E-state index in [9.17, 15) is 24.9 Å². The molecule has 0 radical (unpaired) electrons. The third kappa shape index (κ3) is 4.92. The smallest absolute Gasteiger partial charge is 0.247 e. The maximum atomic E-state index is 14.0. The number of fused-ring (bicyclic) bond motifs is 3. The van der Waals surface area contributed by atoms with Crippen LogP contribution in [0.1, 0.15) is 74.8 Å². The monoisotopic (exact) mass is 528 g/mol. The lowest BCUT2D eigenvalue weighted by atomic mass is 9.76. The molecule has 3 aliphatic carbocycles. The lowest BCUT2D eigenvalue weighted by Crippen LogP contribution is -2.59. The van der Waals surface area contributed by atoms with Crippen molar-refractivity contribution in [3.05, 3.63) is 34.9 Å². The van der Waals surface area contributed by atoms with Crippen LogP contribution >= 0.6 is 0 Å². The van der Waals surface area contributed by atoms with Gasteiger partial charge in [-0.05, 0) is 49.5 Å². The Bertz CT molecular complexity index is 1060. The Balaban J connectivity index is 1.59. The fourth-order valence-corrected chi connectivity index (χ4v) is 6.90. The van der Waals surface area contributed by atoms with Crippen molar-refractivity contribution in [3.8, 4) is 11.5 Å². The summed E-state index contributed by atoms with van der Waals surface area (Å²) in [7, 11) is 1.51. The topological polar surface area (TPSA) is 129 Å². The van der Waals surface area contributed by atoms with E-state index in [0.29, 0.717) is 28.2 Å². The zero-order chi connectivity index (χ0) is 26.8. The highest BCUT2D eigenvalue weighted by molar-refractivity contribution is 5.96. The molecule has 5 rings (SSSR count). The van der Waals surface area contributed by atoms with Crippen molar-refractivity contribution < 1.29 is 34.4 Å². The molecule has 2 amide bonds. The number of methoxy groups -OCH3 is 1. The average molecular weight is 529 g/mol. The van der Waals surface area contributed by atoms with Gasteiger partial charge in [-0.3, -0.25) is 9.59 Å². The van der Waals surface area contributed by atoms with Crippen molar-refractivity contribution >= 4 is 11.8 Å². The Morgan fingerprint density at radius 1 is 1.08 bits per heavy atom. The molecular formula is C29H40N2O7. The van der Waals surface area contributed by atoms with Crippen molar-refractivity contribution in [1.29, 1.82) is 0 Å². The third-order valence-corrected chi connectivity index (χ3v) is 8.74. The summed E-state index contributed by atoms with van der Waals surface area (Å²) in [6.45, 7) is -0.335. The molecule has 0 unspecified atom stereocenters. The van der Waals surface area contributed by atoms with Gasteiger partial charge in [-0.1, -0.05) is 32.1 Å². The van der Waals surface area contributed by atoms with Crippen molar-refractivity contribution in [2.45, 2.75) is 94.6 Å². The number of nitrogens with zero attached hydrogens (tertiary/aromatic N) is 1. The minimum absolute atomic E-state index is 0.00496. The van der Waals surface area contributed by atoms with Gasteiger partial charge in [0, 0.05) is 29.6 Å². The fraction of sp³-hybridized carbons (Fsp3) is 0.655. The van der Waals surface area contributed by atoms with Crippen molar-refractivity contribution in [2.75, 3.05) is 20.3 Å². The molecule has 1 aromatic rings. The number of ether oxygens (including phenoxy) is 2. The van der Waals surface area contributed by atoms with Gasteiger partial charge in [-0.15, -0.1) is 0 Å². The first-order chi connectivity index (χ1) is 18.5. The molecule has 4 atom stereocenters. The zero-order valence-electron chi connectivity index (χ0n) is 22.1. The molecule has 0 saturated heterocycles. The molecule has 2 fully saturated rings. The van der Waals surface area contributed by atoms with Gasteiger partial charge < -0.3 is 35.0 Å². The second-order valence-electron chi connectivity index (χ2n) is 11.0. The van der Waals surface area contributed by atoms with Crippen molar-refractivity contribution in [1.82, 2.24) is 10.2 Å². The predicted molar refractivity (Wildman–Crippen MR) is 140 cm³/mol. The molecule has 0 aromatic heterocycles. The number of nitrogens with one attached hydrogen (secondary N) is 1. The third-order valence-electron chi connectivity index (χ3n) is 8.74. The average Bonchev–Trinajstić information content (AvgIpc) is 3.62. The highest BCUT2D eigenvalue weighted by Crippen LogP contribution is 2.52. The van der Waals surface area contributed by atoms with E-state index >= 15 is 0 Å². The van der Waals surface area contributed by atoms with E-state index < -0.39 is 24.2 Å². The molecule has 4 N–H and O–H groups in total. The van der Waals surface area contributed by atoms with Gasteiger partial charge >= 0.3 is 0 Å². The lowest BCUT2D eigenvalue weighted by Gasteiger charge is -2.46. The van der Waals surface area contributed by atoms with Crippen LogP contribution in [0.4, 0.5) is 0 Å². The second kappa shape index (κ2) is 11.6. The lowest BCUT2D eigenvalue weighted by molar-refractivity contribution is -0.145. The Kier molecular flexibility index (Phi) is 8.26. The summed E-state index contributed by atoms with van der Waals surface area (Å²) >= 11 is 0. The van der Waals surface area contributed by atoms with Crippen LogP contribution in [0.25, 0.3) is 0 Å². The number of benzene rings is 1. The first-order valence-corrected chi connectivity index (χ1v) is 14.1. The van der Waals surface area contributed by atoms with Crippen LogP contribution in [-0.2, 0) is 16.2 Å². The molecule has 0 bridgehead atoms. The first kappa shape index (κ1) is 27.0. The fourth-order valence-electron chi connectivity index (χ4n) is 6.90. The molecule has 1 aliphatic heterocycles. The van der Waals surface area contributed by atoms with Crippen LogP contribution in [0.5, 0.6) is 11.5 Å². The van der Waals surface area contributed by atoms with E-state index in [-0.39, 0.29) is 43.5 Å². The Labute approximate surface area is 223 Å². The number of hydrogen-bond donors (Lipinski definition) is 4. The molecule has 2 saturated carbocycles. The van der Waals surface area contributed by atoms with Gasteiger partial charge in [0.05, 0.1) is 32.3 Å². The molecule has 38 heavy (non-hydrogen) atoms. The Morgan fingerprint density at radius 3 is 2.45 bits per heavy atom. The number of carbonyl (C=O) groups is 2. The number of aliphatic hydroxyl groups excluding tert-OH is 3. The Hall–Kier alpha value is -2.62. The summed E-state index contributed by atoms with van der Waals surface area (Å²) in [5.74, 6) is -0.106. The summed E-state index contributed by atoms with van der Waals surface area (Å²) in [5, 5.41) is 33.8. The number of hydrogen-bond acceptors (Lipinski definition) is 7. The highest BCUT2D eigenvalue weighted by Gasteiger charge is 2.52. The maximum absolute atomic E-state index is 14.0. The van der Waals surface area contributed by atoms with E-state index in [1.807, 2.05) is 4.90 Å². The minimum atomic E-state index is -1.06. The Morgan fingerprint density at radius 2 is 1.79 bits per heavy atom. The molecule has 9 nitrogen and oxygen atoms in total. The van der Waals surface area contributed by atoms with E-state index in [1.54, 1.807) is 18.2 Å². The molecule has 1 aromatic carbocycles. The SMILES string of the molecule is COc1cc(CO)cc2c1O[C@@H]1[C@@H](O)[C@H](N(C(=O)C3CCCC3)C3CCCCC3)C=C(C(=O)NCCO)[C@H]21. The maximum Gasteiger partial charge on any atom is 0.247 e. The van der Waals surface area contributed by atoms with Crippen molar-refractivity contribution in [2.24, 2.45) is 5.92 Å². The standard InChI is InChI=1S/C29H40N2O7/c1-37-23-14-17(16-33)13-20-24-21(28(35)30-11-12-32)15-22(25(34)27(24)38-26(20)23)31(19-9-3-2-4-10-19)29(36)18-7-5-6-8-18/h13-15,18-19,22,24-25,27,32-34H,2-12,16H2,1H3,(H,30,35)/t22-,24+,25+,27+/m1/s1. The summed E-state index contributed by atoms with van der Waals surface area (Å²) in [4.78, 5) is 29.4. The van der Waals surface area contributed by atoms with Crippen LogP contribution in [-0.4, -0.2) is 76.6 Å². The molecule has 1 heterocycles. The number of aliphatic hydroxyl groups is 3. The predicted octanol–water partition coefficient (Wildman–Crippen LogP) is 2.16. The van der Waals surface area contributed by atoms with Crippen LogP contribution in [0.15, 0.2) is 23.8 Å². The molecule has 208 valence electrons. The van der Waals surface area contributed by atoms with Crippen LogP contribution < -0.4 is 14.8 Å². The molecule has 4 aliphatic rings. The number of carbonyl (C=O) groups excluding carboxylic acids is 2. The van der Waals surface area contributed by atoms with E-state index in [2.05, 4.69) is 5.32 Å². The summed E-state index contributed by atoms with van der Waals surface area (Å²) in [6.07, 6.45) is 8.63. The van der Waals surface area contributed by atoms with E-state index in [4.69, 9.17) is 9.47 Å². The normalized spacial score (nSPS) is 27.2.